The first-order valence-electron chi connectivity index (χ1n) is 19.5. The smallest absolute Gasteiger partial charge is 0.407 e. The highest BCUT2D eigenvalue weighted by Gasteiger charge is 2.47. The van der Waals surface area contributed by atoms with Gasteiger partial charge in [-0.25, -0.2) is 9.59 Å². The lowest BCUT2D eigenvalue weighted by Crippen LogP contribution is -2.55. The highest BCUT2D eigenvalue weighted by molar-refractivity contribution is 6.79. The van der Waals surface area contributed by atoms with Gasteiger partial charge in [-0.05, 0) is 82.3 Å². The van der Waals surface area contributed by atoms with Gasteiger partial charge in [0.15, 0.2) is 0 Å². The molecule has 1 fully saturated rings. The van der Waals surface area contributed by atoms with Crippen LogP contribution < -0.4 is 10.6 Å². The summed E-state index contributed by atoms with van der Waals surface area (Å²) in [6.07, 6.45) is 2.75. The third-order valence-electron chi connectivity index (χ3n) is 11.1. The van der Waals surface area contributed by atoms with Crippen molar-refractivity contribution in [3.63, 3.8) is 0 Å². The molecule has 0 bridgehead atoms. The number of hydrogen-bond donors (Lipinski definition) is 2. The van der Waals surface area contributed by atoms with Crippen LogP contribution in [0.1, 0.15) is 76.8 Å². The first-order valence-corrected chi connectivity index (χ1v) is 22.9. The number of hydrogen-bond acceptors (Lipinski definition) is 6. The zero-order valence-electron chi connectivity index (χ0n) is 32.2. The Labute approximate surface area is 324 Å². The van der Waals surface area contributed by atoms with Crippen molar-refractivity contribution in [1.82, 2.24) is 15.5 Å². The number of esters is 1. The Morgan fingerprint density at radius 3 is 2.13 bits per heavy atom. The number of ether oxygens (including phenoxy) is 2. The Kier molecular flexibility index (Phi) is 11.2. The monoisotopic (exact) mass is 757 g/mol. The molecule has 3 unspecified atom stereocenters. The van der Waals surface area contributed by atoms with Gasteiger partial charge in [0.25, 0.3) is 0 Å². The number of alkyl carbamates (subject to hydrolysis) is 1. The zero-order valence-corrected chi connectivity index (χ0v) is 33.2. The van der Waals surface area contributed by atoms with Crippen LogP contribution >= 0.6 is 0 Å². The number of nitrogens with zero attached hydrogens (tertiary/aromatic N) is 1. The minimum Gasteiger partial charge on any atom is -0.462 e. The van der Waals surface area contributed by atoms with Crippen LogP contribution in [0.25, 0.3) is 11.1 Å². The molecule has 7 rings (SSSR count). The van der Waals surface area contributed by atoms with Gasteiger partial charge < -0.3 is 25.0 Å². The van der Waals surface area contributed by atoms with Gasteiger partial charge >= 0.3 is 12.1 Å². The second-order valence-corrected chi connectivity index (χ2v) is 21.5. The summed E-state index contributed by atoms with van der Waals surface area (Å²) in [4.78, 5) is 56.9. The van der Waals surface area contributed by atoms with Gasteiger partial charge in [0, 0.05) is 18.5 Å². The van der Waals surface area contributed by atoms with Crippen molar-refractivity contribution < 1.29 is 28.7 Å². The Bertz CT molecular complexity index is 2020. The van der Waals surface area contributed by atoms with Crippen LogP contribution in [-0.2, 0) is 31.9 Å². The van der Waals surface area contributed by atoms with Gasteiger partial charge in [-0.1, -0.05) is 112 Å². The van der Waals surface area contributed by atoms with E-state index in [4.69, 9.17) is 9.47 Å². The number of carbonyl (C=O) groups is 4. The highest BCUT2D eigenvalue weighted by Crippen LogP contribution is 2.44. The molecule has 0 aromatic heterocycles. The number of carbonyl (C=O) groups excluding carboxylic acids is 4. The summed E-state index contributed by atoms with van der Waals surface area (Å²) in [7, 11) is -1.99. The molecule has 3 atom stereocenters. The molecule has 0 radical (unpaired) electrons. The molecule has 1 heterocycles. The van der Waals surface area contributed by atoms with E-state index < -0.39 is 32.2 Å². The van der Waals surface area contributed by atoms with Crippen molar-refractivity contribution in [2.75, 3.05) is 19.4 Å². The highest BCUT2D eigenvalue weighted by atomic mass is 28.3. The summed E-state index contributed by atoms with van der Waals surface area (Å²) in [5, 5.41) is 6.21. The maximum atomic E-state index is 14.7. The van der Waals surface area contributed by atoms with Crippen molar-refractivity contribution in [2.45, 2.75) is 82.7 Å². The Morgan fingerprint density at radius 1 is 0.818 bits per heavy atom. The lowest BCUT2D eigenvalue weighted by Gasteiger charge is -2.32. The maximum Gasteiger partial charge on any atom is 0.407 e. The minimum absolute atomic E-state index is 0.103. The summed E-state index contributed by atoms with van der Waals surface area (Å²) >= 11 is 0. The lowest BCUT2D eigenvalue weighted by molar-refractivity contribution is -0.139. The first-order chi connectivity index (χ1) is 26.5. The van der Waals surface area contributed by atoms with E-state index in [-0.39, 0.29) is 42.7 Å². The van der Waals surface area contributed by atoms with Gasteiger partial charge in [0.2, 0.25) is 11.8 Å². The zero-order chi connectivity index (χ0) is 38.7. The van der Waals surface area contributed by atoms with Crippen molar-refractivity contribution in [2.24, 2.45) is 5.92 Å². The molecule has 4 aromatic rings. The fraction of sp³-hybridized carbons (Fsp3) is 0.378. The fourth-order valence-corrected chi connectivity index (χ4v) is 11.3. The Hall–Kier alpha value is -5.22. The van der Waals surface area contributed by atoms with Gasteiger partial charge in [-0.3, -0.25) is 9.59 Å². The molecule has 0 spiro atoms. The van der Waals surface area contributed by atoms with E-state index in [0.717, 1.165) is 52.6 Å². The van der Waals surface area contributed by atoms with Crippen LogP contribution in [0.5, 0.6) is 0 Å². The van der Waals surface area contributed by atoms with Crippen LogP contribution in [0.2, 0.25) is 19.1 Å². The van der Waals surface area contributed by atoms with Crippen molar-refractivity contribution in [3.05, 3.63) is 130 Å². The van der Waals surface area contributed by atoms with E-state index in [2.05, 4.69) is 60.1 Å². The number of nitrogens with one attached hydrogen (secondary N) is 2. The molecule has 55 heavy (non-hydrogen) atoms. The van der Waals surface area contributed by atoms with E-state index >= 15 is 0 Å². The van der Waals surface area contributed by atoms with Crippen molar-refractivity contribution >= 4 is 32.0 Å². The van der Waals surface area contributed by atoms with E-state index in [1.54, 1.807) is 29.2 Å². The number of amides is 3. The summed E-state index contributed by atoms with van der Waals surface area (Å²) in [6, 6.07) is 30.3. The number of rotatable bonds is 11. The number of fused-ring (bicyclic) bond motifs is 4. The molecule has 1 aliphatic heterocycles. The quantitative estimate of drug-likeness (QED) is 0.120. The second kappa shape index (κ2) is 16.2. The molecule has 9 nitrogen and oxygen atoms in total. The predicted octanol–water partition coefficient (Wildman–Crippen LogP) is 7.60. The summed E-state index contributed by atoms with van der Waals surface area (Å²) in [5.41, 5.74) is 7.97. The van der Waals surface area contributed by atoms with E-state index in [1.165, 1.54) is 5.56 Å². The van der Waals surface area contributed by atoms with Crippen LogP contribution in [0.3, 0.4) is 0 Å². The van der Waals surface area contributed by atoms with Gasteiger partial charge in [0.1, 0.15) is 18.7 Å². The largest absolute Gasteiger partial charge is 0.462 e. The SMILES string of the molecule is CC(C)COC(=O)c1ccc(CC(NC(=O)OCC2c3ccccc3-c3ccccc32)C(=O)N2C[Si](C)(C)CC2C(=O)NC2CCCc3ccccc32)cc1. The topological polar surface area (TPSA) is 114 Å². The van der Waals surface area contributed by atoms with Crippen LogP contribution in [0, 0.1) is 5.92 Å². The fourth-order valence-electron chi connectivity index (χ4n) is 8.43. The third-order valence-corrected chi connectivity index (χ3v) is 13.8. The van der Waals surface area contributed by atoms with Gasteiger partial charge in [-0.2, -0.15) is 0 Å². The average Bonchev–Trinajstić information content (AvgIpc) is 3.69. The van der Waals surface area contributed by atoms with Crippen molar-refractivity contribution in [3.8, 4) is 11.1 Å². The molecule has 3 aliphatic rings. The summed E-state index contributed by atoms with van der Waals surface area (Å²) in [6.45, 7) is 8.77. The molecule has 4 aromatic carbocycles. The number of aryl methyl sites for hydroxylation is 1. The molecular weight excluding hydrogens is 707 g/mol. The summed E-state index contributed by atoms with van der Waals surface area (Å²) in [5.74, 6) is -0.822. The van der Waals surface area contributed by atoms with E-state index in [0.29, 0.717) is 24.4 Å². The molecule has 10 heteroatoms. The standard InChI is InChI=1S/C45H51N3O6Si/c1-29(2)25-53-44(51)32-22-20-30(21-23-32)24-40(47-45(52)54-26-38-36-17-9-7-15-34(36)35-16-8-10-18-37(35)38)43(50)48-28-55(3,4)27-41(48)42(49)46-39-19-11-13-31-12-5-6-14-33(31)39/h5-10,12,14-18,20-23,29,38-41H,11,13,19,24-28H2,1-4H3,(H,46,49)(H,47,52). The number of benzene rings is 4. The normalized spacial score (nSPS) is 18.8. The van der Waals surface area contributed by atoms with Gasteiger partial charge in [0.05, 0.1) is 26.3 Å². The third kappa shape index (κ3) is 8.54. The maximum absolute atomic E-state index is 14.7. The Morgan fingerprint density at radius 2 is 1.45 bits per heavy atom. The lowest BCUT2D eigenvalue weighted by atomic mass is 9.87. The predicted molar refractivity (Wildman–Crippen MR) is 215 cm³/mol. The minimum atomic E-state index is -1.99. The van der Waals surface area contributed by atoms with Crippen LogP contribution in [-0.4, -0.2) is 68.3 Å². The molecule has 2 N–H and O–H groups in total. The average molecular weight is 758 g/mol. The van der Waals surface area contributed by atoms with Crippen LogP contribution in [0.15, 0.2) is 97.1 Å². The molecule has 3 amide bonds. The van der Waals surface area contributed by atoms with Crippen molar-refractivity contribution in [1.29, 1.82) is 0 Å². The molecular formula is C45H51N3O6Si. The van der Waals surface area contributed by atoms with E-state index in [1.807, 2.05) is 50.2 Å². The molecule has 2 aliphatic carbocycles. The molecule has 0 saturated carbocycles. The van der Waals surface area contributed by atoms with E-state index in [9.17, 15) is 19.2 Å². The van der Waals surface area contributed by atoms with Gasteiger partial charge in [-0.15, -0.1) is 0 Å². The van der Waals surface area contributed by atoms with Crippen LogP contribution in [0.4, 0.5) is 4.79 Å². The molecule has 1 saturated heterocycles. The summed E-state index contributed by atoms with van der Waals surface area (Å²) < 4.78 is 11.3. The second-order valence-electron chi connectivity index (χ2n) is 16.4. The Balaban J connectivity index is 1.10. The molecule has 286 valence electrons. The first kappa shape index (κ1) is 38.1.